The first-order valence-corrected chi connectivity index (χ1v) is 11.4. The topological polar surface area (TPSA) is 76.4 Å². The molecule has 1 heterocycles. The second kappa shape index (κ2) is 9.12. The largest absolute Gasteiger partial charge is 0.459 e. The summed E-state index contributed by atoms with van der Waals surface area (Å²) in [5, 5.41) is 2.78. The number of furan rings is 1. The number of hydrogen-bond acceptors (Lipinski definition) is 5. The zero-order valence-corrected chi connectivity index (χ0v) is 17.1. The maximum absolute atomic E-state index is 12.5. The van der Waals surface area contributed by atoms with Crippen molar-refractivity contribution in [3.63, 3.8) is 0 Å². The summed E-state index contributed by atoms with van der Waals surface area (Å²) in [4.78, 5) is 13.7. The molecule has 3 aromatic rings. The van der Waals surface area contributed by atoms with E-state index < -0.39 is 15.7 Å². The van der Waals surface area contributed by atoms with Crippen LogP contribution in [0.15, 0.2) is 81.1 Å². The Kier molecular flexibility index (Phi) is 6.59. The van der Waals surface area contributed by atoms with Crippen molar-refractivity contribution in [3.8, 4) is 0 Å². The predicted molar refractivity (Wildman–Crippen MR) is 110 cm³/mol. The summed E-state index contributed by atoms with van der Waals surface area (Å²) in [5.41, 5.74) is 1.56. The standard InChI is InChI=1S/C21H21NO4S2/c1-16-7-9-18(10-8-16)27-14-12-22-21(23)20-17(11-13-26-20)15-28(24,25)19-5-3-2-4-6-19/h2-11,13H,12,14-15H2,1H3,(H,22,23). The van der Waals surface area contributed by atoms with Crippen LogP contribution < -0.4 is 5.32 Å². The van der Waals surface area contributed by atoms with Crippen molar-refractivity contribution >= 4 is 27.5 Å². The van der Waals surface area contributed by atoms with Gasteiger partial charge in [0.2, 0.25) is 0 Å². The molecule has 0 unspecified atom stereocenters. The van der Waals surface area contributed by atoms with Gasteiger partial charge in [-0.1, -0.05) is 35.9 Å². The van der Waals surface area contributed by atoms with Crippen molar-refractivity contribution in [2.75, 3.05) is 12.3 Å². The Labute approximate surface area is 169 Å². The highest BCUT2D eigenvalue weighted by Crippen LogP contribution is 2.20. The van der Waals surface area contributed by atoms with Gasteiger partial charge in [-0.3, -0.25) is 4.79 Å². The van der Waals surface area contributed by atoms with E-state index in [1.165, 1.54) is 30.0 Å². The fraction of sp³-hybridized carbons (Fsp3) is 0.190. The minimum absolute atomic E-state index is 0.0415. The monoisotopic (exact) mass is 415 g/mol. The Bertz CT molecular complexity index is 1030. The lowest BCUT2D eigenvalue weighted by molar-refractivity contribution is 0.0927. The average Bonchev–Trinajstić information content (AvgIpc) is 3.14. The average molecular weight is 416 g/mol. The number of benzene rings is 2. The summed E-state index contributed by atoms with van der Waals surface area (Å²) in [6.07, 6.45) is 1.34. The zero-order valence-electron chi connectivity index (χ0n) is 15.4. The summed E-state index contributed by atoms with van der Waals surface area (Å²) in [5.74, 6) is 0.0502. The van der Waals surface area contributed by atoms with E-state index in [2.05, 4.69) is 5.32 Å². The summed E-state index contributed by atoms with van der Waals surface area (Å²) in [7, 11) is -3.55. The first kappa shape index (κ1) is 20.2. The minimum Gasteiger partial charge on any atom is -0.459 e. The third kappa shape index (κ3) is 5.27. The lowest BCUT2D eigenvalue weighted by Crippen LogP contribution is -2.26. The summed E-state index contributed by atoms with van der Waals surface area (Å²) < 4.78 is 30.3. The van der Waals surface area contributed by atoms with Crippen LogP contribution in [0.25, 0.3) is 0 Å². The highest BCUT2D eigenvalue weighted by molar-refractivity contribution is 7.99. The van der Waals surface area contributed by atoms with Crippen molar-refractivity contribution in [3.05, 3.63) is 83.8 Å². The summed E-state index contributed by atoms with van der Waals surface area (Å²) in [6, 6.07) is 17.9. The molecule has 146 valence electrons. The van der Waals surface area contributed by atoms with E-state index in [1.54, 1.807) is 30.0 Å². The van der Waals surface area contributed by atoms with Crippen molar-refractivity contribution < 1.29 is 17.6 Å². The lowest BCUT2D eigenvalue weighted by atomic mass is 10.2. The van der Waals surface area contributed by atoms with Gasteiger partial charge in [0.1, 0.15) is 0 Å². The van der Waals surface area contributed by atoms with Gasteiger partial charge in [0, 0.05) is 22.8 Å². The van der Waals surface area contributed by atoms with Crippen LogP contribution in [0, 0.1) is 6.92 Å². The highest BCUT2D eigenvalue weighted by atomic mass is 32.2. The van der Waals surface area contributed by atoms with Gasteiger partial charge in [0.15, 0.2) is 15.6 Å². The second-order valence-corrected chi connectivity index (χ2v) is 9.42. The molecule has 28 heavy (non-hydrogen) atoms. The fourth-order valence-electron chi connectivity index (χ4n) is 2.61. The quantitative estimate of drug-likeness (QED) is 0.443. The van der Waals surface area contributed by atoms with Gasteiger partial charge in [-0.15, -0.1) is 11.8 Å². The van der Waals surface area contributed by atoms with Crippen LogP contribution in [0.1, 0.15) is 21.7 Å². The van der Waals surface area contributed by atoms with Crippen LogP contribution in [-0.2, 0) is 15.6 Å². The van der Waals surface area contributed by atoms with E-state index in [9.17, 15) is 13.2 Å². The molecule has 0 aliphatic rings. The molecule has 0 fully saturated rings. The molecule has 3 rings (SSSR count). The third-order valence-corrected chi connectivity index (χ3v) is 6.77. The van der Waals surface area contributed by atoms with E-state index in [1.807, 2.05) is 31.2 Å². The summed E-state index contributed by atoms with van der Waals surface area (Å²) in [6.45, 7) is 2.48. The molecule has 0 saturated heterocycles. The van der Waals surface area contributed by atoms with Crippen LogP contribution in [-0.4, -0.2) is 26.6 Å². The molecule has 1 amide bonds. The molecule has 0 saturated carbocycles. The lowest BCUT2D eigenvalue weighted by Gasteiger charge is -2.07. The number of aryl methyl sites for hydroxylation is 1. The first-order chi connectivity index (χ1) is 13.5. The van der Waals surface area contributed by atoms with Crippen LogP contribution in [0.2, 0.25) is 0 Å². The molecule has 0 aliphatic heterocycles. The van der Waals surface area contributed by atoms with E-state index in [-0.39, 0.29) is 16.4 Å². The van der Waals surface area contributed by atoms with Gasteiger partial charge in [0.25, 0.3) is 5.91 Å². The van der Waals surface area contributed by atoms with E-state index in [4.69, 9.17) is 4.42 Å². The first-order valence-electron chi connectivity index (χ1n) is 8.77. The molecule has 0 aliphatic carbocycles. The van der Waals surface area contributed by atoms with Gasteiger partial charge < -0.3 is 9.73 Å². The van der Waals surface area contributed by atoms with E-state index >= 15 is 0 Å². The van der Waals surface area contributed by atoms with Crippen molar-refractivity contribution in [2.24, 2.45) is 0 Å². The molecular formula is C21H21NO4S2. The number of thioether (sulfide) groups is 1. The molecule has 0 spiro atoms. The number of amides is 1. The molecule has 5 nitrogen and oxygen atoms in total. The Balaban J connectivity index is 1.57. The van der Waals surface area contributed by atoms with Crippen LogP contribution >= 0.6 is 11.8 Å². The maximum Gasteiger partial charge on any atom is 0.287 e. The van der Waals surface area contributed by atoms with Crippen LogP contribution in [0.4, 0.5) is 0 Å². The predicted octanol–water partition coefficient (Wildman–Crippen LogP) is 4.08. The second-order valence-electron chi connectivity index (χ2n) is 6.26. The number of rotatable bonds is 8. The number of sulfone groups is 1. The Morgan fingerprint density at radius 2 is 1.75 bits per heavy atom. The number of hydrogen-bond donors (Lipinski definition) is 1. The third-order valence-electron chi connectivity index (χ3n) is 4.08. The van der Waals surface area contributed by atoms with Gasteiger partial charge in [-0.05, 0) is 37.3 Å². The van der Waals surface area contributed by atoms with Crippen molar-refractivity contribution in [1.82, 2.24) is 5.32 Å². The Hall–Kier alpha value is -2.51. The molecule has 0 bridgehead atoms. The van der Waals surface area contributed by atoms with Gasteiger partial charge >= 0.3 is 0 Å². The summed E-state index contributed by atoms with van der Waals surface area (Å²) >= 11 is 1.64. The van der Waals surface area contributed by atoms with E-state index in [0.717, 1.165) is 4.90 Å². The van der Waals surface area contributed by atoms with E-state index in [0.29, 0.717) is 17.9 Å². The molecule has 0 atom stereocenters. The number of nitrogens with one attached hydrogen (secondary N) is 1. The highest BCUT2D eigenvalue weighted by Gasteiger charge is 2.22. The normalized spacial score (nSPS) is 11.3. The maximum atomic E-state index is 12.5. The van der Waals surface area contributed by atoms with Crippen molar-refractivity contribution in [1.29, 1.82) is 0 Å². The smallest absolute Gasteiger partial charge is 0.287 e. The van der Waals surface area contributed by atoms with Gasteiger partial charge in [0.05, 0.1) is 16.9 Å². The fourth-order valence-corrected chi connectivity index (χ4v) is 4.76. The molecule has 2 aromatic carbocycles. The Morgan fingerprint density at radius 1 is 1.04 bits per heavy atom. The van der Waals surface area contributed by atoms with Gasteiger partial charge in [-0.25, -0.2) is 8.42 Å². The Morgan fingerprint density at radius 3 is 2.46 bits per heavy atom. The molecule has 7 heteroatoms. The molecule has 0 radical (unpaired) electrons. The SMILES string of the molecule is Cc1ccc(SCCNC(=O)c2occc2CS(=O)(=O)c2ccccc2)cc1. The van der Waals surface area contributed by atoms with Crippen molar-refractivity contribution in [2.45, 2.75) is 22.5 Å². The molecule has 1 N–H and O–H groups in total. The molecular weight excluding hydrogens is 394 g/mol. The van der Waals surface area contributed by atoms with Crippen LogP contribution in [0.5, 0.6) is 0 Å². The number of carbonyl (C=O) groups is 1. The van der Waals surface area contributed by atoms with Gasteiger partial charge in [-0.2, -0.15) is 0 Å². The minimum atomic E-state index is -3.55. The van der Waals surface area contributed by atoms with Crippen LogP contribution in [0.3, 0.4) is 0 Å². The molecule has 1 aromatic heterocycles. The zero-order chi connectivity index (χ0) is 20.0. The number of carbonyl (C=O) groups excluding carboxylic acids is 1.